The summed E-state index contributed by atoms with van der Waals surface area (Å²) in [6.45, 7) is 12.2. The van der Waals surface area contributed by atoms with Crippen molar-refractivity contribution < 1.29 is 0 Å². The second-order valence-electron chi connectivity index (χ2n) is 8.46. The predicted molar refractivity (Wildman–Crippen MR) is 84.3 cm³/mol. The Hall–Kier alpha value is -0.0400. The molecule has 2 rings (SSSR count). The number of hydrogen-bond acceptors (Lipinski definition) is 1. The Kier molecular flexibility index (Phi) is 4.98. The molecule has 2 saturated carbocycles. The topological polar surface area (TPSA) is 12.0 Å². The molecule has 0 aromatic rings. The van der Waals surface area contributed by atoms with Gasteiger partial charge in [-0.2, -0.15) is 0 Å². The van der Waals surface area contributed by atoms with Gasteiger partial charge in [0.05, 0.1) is 0 Å². The van der Waals surface area contributed by atoms with Crippen LogP contribution in [0.5, 0.6) is 0 Å². The highest BCUT2D eigenvalue weighted by Gasteiger charge is 2.35. The fraction of sp³-hybridized carbons (Fsp3) is 1.00. The molecule has 0 amide bonds. The lowest BCUT2D eigenvalue weighted by atomic mass is 9.69. The molecule has 2 fully saturated rings. The van der Waals surface area contributed by atoms with Gasteiger partial charge < -0.3 is 5.32 Å². The molecular formula is C18H35N. The molecule has 2 aliphatic rings. The monoisotopic (exact) mass is 265 g/mol. The van der Waals surface area contributed by atoms with Gasteiger partial charge in [-0.15, -0.1) is 0 Å². The van der Waals surface area contributed by atoms with Gasteiger partial charge in [0.25, 0.3) is 0 Å². The van der Waals surface area contributed by atoms with Crippen LogP contribution < -0.4 is 5.32 Å². The molecule has 0 aromatic heterocycles. The van der Waals surface area contributed by atoms with Crippen LogP contribution in [0.1, 0.15) is 79.6 Å². The van der Waals surface area contributed by atoms with Gasteiger partial charge in [-0.3, -0.25) is 0 Å². The Morgan fingerprint density at radius 3 is 2.32 bits per heavy atom. The first-order chi connectivity index (χ1) is 8.89. The van der Waals surface area contributed by atoms with Gasteiger partial charge in [0, 0.05) is 12.1 Å². The third-order valence-corrected chi connectivity index (χ3v) is 5.80. The van der Waals surface area contributed by atoms with Crippen molar-refractivity contribution in [2.45, 2.75) is 91.6 Å². The lowest BCUT2D eigenvalue weighted by molar-refractivity contribution is 0.113. The summed E-state index contributed by atoms with van der Waals surface area (Å²) in [5.74, 6) is 2.60. The van der Waals surface area contributed by atoms with Gasteiger partial charge in [0.1, 0.15) is 0 Å². The highest BCUT2D eigenvalue weighted by molar-refractivity contribution is 4.91. The highest BCUT2D eigenvalue weighted by atomic mass is 15.0. The van der Waals surface area contributed by atoms with Crippen LogP contribution in [-0.2, 0) is 0 Å². The van der Waals surface area contributed by atoms with Gasteiger partial charge in [-0.25, -0.2) is 0 Å². The predicted octanol–water partition coefficient (Wildman–Crippen LogP) is 5.01. The summed E-state index contributed by atoms with van der Waals surface area (Å²) in [6, 6.07) is 1.57. The van der Waals surface area contributed by atoms with E-state index in [1.807, 2.05) is 0 Å². The molecule has 1 N–H and O–H groups in total. The molecule has 2 aliphatic carbocycles. The van der Waals surface area contributed by atoms with E-state index in [1.165, 1.54) is 44.9 Å². The average Bonchev–Trinajstić information content (AvgIpc) is 2.32. The minimum absolute atomic E-state index is 0.571. The van der Waals surface area contributed by atoms with Crippen LogP contribution in [0.4, 0.5) is 0 Å². The minimum atomic E-state index is 0.571. The fourth-order valence-electron chi connectivity index (χ4n) is 4.63. The van der Waals surface area contributed by atoms with Crippen molar-refractivity contribution >= 4 is 0 Å². The Balaban J connectivity index is 1.92. The zero-order valence-corrected chi connectivity index (χ0v) is 13.8. The zero-order chi connectivity index (χ0) is 14.0. The van der Waals surface area contributed by atoms with E-state index in [0.29, 0.717) is 5.41 Å². The Morgan fingerprint density at radius 2 is 1.68 bits per heavy atom. The van der Waals surface area contributed by atoms with Crippen molar-refractivity contribution in [2.75, 3.05) is 0 Å². The van der Waals surface area contributed by atoms with E-state index in [1.54, 1.807) is 0 Å². The van der Waals surface area contributed by atoms with Gasteiger partial charge in [0.15, 0.2) is 0 Å². The van der Waals surface area contributed by atoms with Crippen molar-refractivity contribution in [3.8, 4) is 0 Å². The van der Waals surface area contributed by atoms with Gasteiger partial charge in [-0.05, 0) is 55.3 Å². The van der Waals surface area contributed by atoms with E-state index in [4.69, 9.17) is 0 Å². The molecule has 0 heterocycles. The van der Waals surface area contributed by atoms with Crippen LogP contribution in [0.2, 0.25) is 0 Å². The first kappa shape index (κ1) is 15.4. The molecule has 19 heavy (non-hydrogen) atoms. The maximum absolute atomic E-state index is 4.08. The minimum Gasteiger partial charge on any atom is -0.311 e. The summed E-state index contributed by atoms with van der Waals surface area (Å²) in [7, 11) is 0. The Bertz CT molecular complexity index is 281. The van der Waals surface area contributed by atoms with Crippen LogP contribution in [-0.4, -0.2) is 12.1 Å². The summed E-state index contributed by atoms with van der Waals surface area (Å²) in [6.07, 6.45) is 9.92. The summed E-state index contributed by atoms with van der Waals surface area (Å²) in [5.41, 5.74) is 0.571. The van der Waals surface area contributed by atoms with E-state index in [0.717, 1.165) is 29.8 Å². The first-order valence-corrected chi connectivity index (χ1v) is 8.65. The SMILES string of the molecule is CC(C)C1CCCCC1NC1CCC(C)(C)CC1C. The Morgan fingerprint density at radius 1 is 1.00 bits per heavy atom. The van der Waals surface area contributed by atoms with E-state index in [2.05, 4.69) is 39.9 Å². The van der Waals surface area contributed by atoms with E-state index < -0.39 is 0 Å². The molecule has 0 bridgehead atoms. The average molecular weight is 265 g/mol. The van der Waals surface area contributed by atoms with Crippen LogP contribution in [0, 0.1) is 23.2 Å². The molecule has 0 saturated heterocycles. The molecule has 0 aliphatic heterocycles. The number of rotatable bonds is 3. The molecule has 112 valence electrons. The molecule has 0 spiro atoms. The van der Waals surface area contributed by atoms with E-state index in [9.17, 15) is 0 Å². The zero-order valence-electron chi connectivity index (χ0n) is 13.8. The largest absolute Gasteiger partial charge is 0.311 e. The van der Waals surface area contributed by atoms with Crippen molar-refractivity contribution in [3.05, 3.63) is 0 Å². The van der Waals surface area contributed by atoms with Gasteiger partial charge in [-0.1, -0.05) is 47.5 Å². The quantitative estimate of drug-likeness (QED) is 0.756. The van der Waals surface area contributed by atoms with E-state index in [-0.39, 0.29) is 0 Å². The van der Waals surface area contributed by atoms with Crippen LogP contribution in [0.25, 0.3) is 0 Å². The molecule has 4 atom stereocenters. The van der Waals surface area contributed by atoms with Crippen LogP contribution in [0.3, 0.4) is 0 Å². The lowest BCUT2D eigenvalue weighted by Gasteiger charge is -2.44. The third kappa shape index (κ3) is 3.97. The summed E-state index contributed by atoms with van der Waals surface area (Å²) in [5, 5.41) is 4.08. The Labute approximate surface area is 120 Å². The standard InChI is InChI=1S/C18H35N/c1-13(2)15-8-6-7-9-17(15)19-16-10-11-18(4,5)12-14(16)3/h13-17,19H,6-12H2,1-5H3. The second-order valence-corrected chi connectivity index (χ2v) is 8.46. The van der Waals surface area contributed by atoms with Crippen molar-refractivity contribution in [1.82, 2.24) is 5.32 Å². The van der Waals surface area contributed by atoms with Gasteiger partial charge in [0.2, 0.25) is 0 Å². The normalized spacial score (nSPS) is 39.5. The van der Waals surface area contributed by atoms with Crippen molar-refractivity contribution in [1.29, 1.82) is 0 Å². The molecule has 1 heteroatoms. The summed E-state index contributed by atoms with van der Waals surface area (Å²) < 4.78 is 0. The maximum atomic E-state index is 4.08. The summed E-state index contributed by atoms with van der Waals surface area (Å²) >= 11 is 0. The number of nitrogens with one attached hydrogen (secondary N) is 1. The molecule has 4 unspecified atom stereocenters. The molecule has 0 aromatic carbocycles. The maximum Gasteiger partial charge on any atom is 0.0100 e. The highest BCUT2D eigenvalue weighted by Crippen LogP contribution is 2.39. The van der Waals surface area contributed by atoms with Crippen molar-refractivity contribution in [3.63, 3.8) is 0 Å². The molecule has 1 nitrogen and oxygen atoms in total. The second kappa shape index (κ2) is 6.16. The smallest absolute Gasteiger partial charge is 0.0100 e. The molecular weight excluding hydrogens is 230 g/mol. The summed E-state index contributed by atoms with van der Waals surface area (Å²) in [4.78, 5) is 0. The fourth-order valence-corrected chi connectivity index (χ4v) is 4.63. The van der Waals surface area contributed by atoms with Gasteiger partial charge >= 0.3 is 0 Å². The molecule has 0 radical (unpaired) electrons. The van der Waals surface area contributed by atoms with Crippen LogP contribution in [0.15, 0.2) is 0 Å². The van der Waals surface area contributed by atoms with Crippen molar-refractivity contribution in [2.24, 2.45) is 23.2 Å². The number of hydrogen-bond donors (Lipinski definition) is 1. The van der Waals surface area contributed by atoms with Crippen LogP contribution >= 0.6 is 0 Å². The van der Waals surface area contributed by atoms with E-state index >= 15 is 0 Å². The third-order valence-electron chi connectivity index (χ3n) is 5.80. The first-order valence-electron chi connectivity index (χ1n) is 8.65. The lowest BCUT2D eigenvalue weighted by Crippen LogP contribution is -2.50.